The van der Waals surface area contributed by atoms with Gasteiger partial charge in [-0.25, -0.2) is 12.7 Å². The lowest BCUT2D eigenvalue weighted by Crippen LogP contribution is -2.50. The second-order valence-electron chi connectivity index (χ2n) is 7.25. The molecule has 150 valence electrons. The van der Waals surface area contributed by atoms with Crippen molar-refractivity contribution in [3.63, 3.8) is 0 Å². The zero-order chi connectivity index (χ0) is 19.7. The van der Waals surface area contributed by atoms with Crippen molar-refractivity contribution in [3.8, 4) is 11.5 Å². The van der Waals surface area contributed by atoms with Gasteiger partial charge in [-0.1, -0.05) is 12.1 Å². The number of carbonyl (C=O) groups is 1. The fraction of sp³-hybridized carbons (Fsp3) is 0.632. The van der Waals surface area contributed by atoms with E-state index in [0.29, 0.717) is 44.1 Å². The molecule has 1 aromatic carbocycles. The number of sulfonamides is 1. The van der Waals surface area contributed by atoms with Crippen molar-refractivity contribution in [2.45, 2.75) is 32.7 Å². The van der Waals surface area contributed by atoms with Gasteiger partial charge in [-0.05, 0) is 32.3 Å². The molecule has 2 aliphatic rings. The Morgan fingerprint density at radius 1 is 1.15 bits per heavy atom. The topological polar surface area (TPSA) is 76.2 Å². The maximum Gasteiger partial charge on any atom is 0.230 e. The van der Waals surface area contributed by atoms with E-state index in [9.17, 15) is 13.2 Å². The lowest BCUT2D eigenvalue weighted by molar-refractivity contribution is -0.146. The maximum atomic E-state index is 13.3. The highest BCUT2D eigenvalue weighted by Crippen LogP contribution is 2.42. The summed E-state index contributed by atoms with van der Waals surface area (Å²) >= 11 is 0. The molecule has 1 atom stereocenters. The van der Waals surface area contributed by atoms with Crippen LogP contribution in [-0.2, 0) is 21.4 Å². The molecule has 2 saturated heterocycles. The summed E-state index contributed by atoms with van der Waals surface area (Å²) in [6.07, 6.45) is 2.21. The van der Waals surface area contributed by atoms with Crippen molar-refractivity contribution < 1.29 is 22.7 Å². The quantitative estimate of drug-likeness (QED) is 0.734. The molecule has 0 aliphatic carbocycles. The number of para-hydroxylation sites is 1. The van der Waals surface area contributed by atoms with Gasteiger partial charge in [-0.2, -0.15) is 0 Å². The molecular formula is C19H28N2O5S. The van der Waals surface area contributed by atoms with Gasteiger partial charge in [0, 0.05) is 31.7 Å². The number of likely N-dealkylation sites (tertiary alicyclic amines) is 1. The summed E-state index contributed by atoms with van der Waals surface area (Å²) in [7, 11) is -0.0908. The molecule has 2 heterocycles. The van der Waals surface area contributed by atoms with E-state index in [1.165, 1.54) is 4.31 Å². The van der Waals surface area contributed by atoms with Gasteiger partial charge in [0.15, 0.2) is 11.5 Å². The summed E-state index contributed by atoms with van der Waals surface area (Å²) in [5.41, 5.74) is 0.297. The minimum absolute atomic E-state index is 0.0485. The van der Waals surface area contributed by atoms with Crippen molar-refractivity contribution in [3.05, 3.63) is 23.8 Å². The van der Waals surface area contributed by atoms with Crippen molar-refractivity contribution in [1.29, 1.82) is 0 Å². The third-order valence-electron chi connectivity index (χ3n) is 5.75. The van der Waals surface area contributed by atoms with Crippen molar-refractivity contribution in [2.24, 2.45) is 5.41 Å². The molecule has 7 nitrogen and oxygen atoms in total. The number of hydrogen-bond acceptors (Lipinski definition) is 5. The van der Waals surface area contributed by atoms with Gasteiger partial charge in [0.2, 0.25) is 15.9 Å². The van der Waals surface area contributed by atoms with Crippen LogP contribution in [0.4, 0.5) is 0 Å². The van der Waals surface area contributed by atoms with E-state index < -0.39 is 15.4 Å². The normalized spacial score (nSPS) is 23.8. The largest absolute Gasteiger partial charge is 0.493 e. The van der Waals surface area contributed by atoms with E-state index in [1.807, 2.05) is 23.1 Å². The van der Waals surface area contributed by atoms with E-state index in [-0.39, 0.29) is 11.7 Å². The first kappa shape index (κ1) is 19.9. The van der Waals surface area contributed by atoms with E-state index in [1.54, 1.807) is 21.1 Å². The summed E-state index contributed by atoms with van der Waals surface area (Å²) < 4.78 is 36.8. The SMILES string of the molecule is CCS(=O)(=O)N1CCC2(CCCN(Cc3cccc(OC)c3OC)C2=O)C1. The molecular weight excluding hydrogens is 368 g/mol. The number of methoxy groups -OCH3 is 2. The summed E-state index contributed by atoms with van der Waals surface area (Å²) in [6.45, 7) is 3.47. The monoisotopic (exact) mass is 396 g/mol. The first-order valence-corrected chi connectivity index (χ1v) is 10.9. The number of carbonyl (C=O) groups excluding carboxylic acids is 1. The van der Waals surface area contributed by atoms with E-state index in [0.717, 1.165) is 18.4 Å². The van der Waals surface area contributed by atoms with Gasteiger partial charge >= 0.3 is 0 Å². The summed E-state index contributed by atoms with van der Waals surface area (Å²) in [5.74, 6) is 1.39. The molecule has 2 fully saturated rings. The third-order valence-corrected chi connectivity index (χ3v) is 7.57. The molecule has 3 rings (SSSR count). The average Bonchev–Trinajstić information content (AvgIpc) is 3.11. The zero-order valence-electron chi connectivity index (χ0n) is 16.2. The van der Waals surface area contributed by atoms with Crippen LogP contribution in [0.15, 0.2) is 18.2 Å². The second-order valence-corrected chi connectivity index (χ2v) is 9.50. The fourth-order valence-electron chi connectivity index (χ4n) is 4.22. The van der Waals surface area contributed by atoms with Crippen LogP contribution in [-0.4, -0.2) is 63.1 Å². The highest BCUT2D eigenvalue weighted by molar-refractivity contribution is 7.89. The molecule has 0 N–H and O–H groups in total. The number of nitrogens with zero attached hydrogens (tertiary/aromatic N) is 2. The third kappa shape index (κ3) is 3.65. The summed E-state index contributed by atoms with van der Waals surface area (Å²) in [4.78, 5) is 15.1. The smallest absolute Gasteiger partial charge is 0.230 e. The van der Waals surface area contributed by atoms with E-state index >= 15 is 0 Å². The van der Waals surface area contributed by atoms with Crippen LogP contribution < -0.4 is 9.47 Å². The molecule has 1 aromatic rings. The number of ether oxygens (including phenoxy) is 2. The Bertz CT molecular complexity index is 810. The van der Waals surface area contributed by atoms with Crippen LogP contribution in [0.3, 0.4) is 0 Å². The standard InChI is InChI=1S/C19H28N2O5S/c1-4-27(23,24)21-12-10-19(14-21)9-6-11-20(18(19)22)13-15-7-5-8-16(25-2)17(15)26-3/h5,7-8H,4,6,9-14H2,1-3H3. The summed E-state index contributed by atoms with van der Waals surface area (Å²) in [5, 5.41) is 0. The highest BCUT2D eigenvalue weighted by Gasteiger charge is 2.50. The van der Waals surface area contributed by atoms with Gasteiger partial charge < -0.3 is 14.4 Å². The van der Waals surface area contributed by atoms with Crippen LogP contribution in [0.1, 0.15) is 31.7 Å². The molecule has 0 bridgehead atoms. The molecule has 0 saturated carbocycles. The van der Waals surface area contributed by atoms with Crippen molar-refractivity contribution >= 4 is 15.9 Å². The molecule has 2 aliphatic heterocycles. The van der Waals surface area contributed by atoms with E-state index in [2.05, 4.69) is 0 Å². The Morgan fingerprint density at radius 3 is 2.59 bits per heavy atom. The van der Waals surface area contributed by atoms with Crippen LogP contribution in [0, 0.1) is 5.41 Å². The number of hydrogen-bond donors (Lipinski definition) is 0. The lowest BCUT2D eigenvalue weighted by atomic mass is 9.78. The van der Waals surface area contributed by atoms with Gasteiger partial charge in [0.1, 0.15) is 0 Å². The minimum atomic E-state index is -3.27. The molecule has 1 spiro atoms. The highest BCUT2D eigenvalue weighted by atomic mass is 32.2. The van der Waals surface area contributed by atoms with Crippen LogP contribution in [0.2, 0.25) is 0 Å². The predicted octanol–water partition coefficient (Wildman–Crippen LogP) is 1.87. The maximum absolute atomic E-state index is 13.3. The van der Waals surface area contributed by atoms with Crippen molar-refractivity contribution in [2.75, 3.05) is 39.6 Å². The van der Waals surface area contributed by atoms with Gasteiger partial charge in [-0.15, -0.1) is 0 Å². The van der Waals surface area contributed by atoms with E-state index in [4.69, 9.17) is 9.47 Å². The molecule has 8 heteroatoms. The second kappa shape index (κ2) is 7.67. The van der Waals surface area contributed by atoms with Gasteiger partial charge in [0.05, 0.1) is 25.4 Å². The minimum Gasteiger partial charge on any atom is -0.493 e. The van der Waals surface area contributed by atoms with Crippen molar-refractivity contribution in [1.82, 2.24) is 9.21 Å². The first-order valence-electron chi connectivity index (χ1n) is 9.34. The van der Waals surface area contributed by atoms with Crippen LogP contribution in [0.25, 0.3) is 0 Å². The Hall–Kier alpha value is -1.80. The van der Waals surface area contributed by atoms with Gasteiger partial charge in [-0.3, -0.25) is 4.79 Å². The Balaban J connectivity index is 1.81. The van der Waals surface area contributed by atoms with Gasteiger partial charge in [0.25, 0.3) is 0 Å². The average molecular weight is 397 g/mol. The summed E-state index contributed by atoms with van der Waals surface area (Å²) in [6, 6.07) is 5.64. The number of benzene rings is 1. The Kier molecular flexibility index (Phi) is 5.67. The number of piperidine rings is 1. The van der Waals surface area contributed by atoms with Crippen LogP contribution >= 0.6 is 0 Å². The molecule has 0 radical (unpaired) electrons. The fourth-order valence-corrected chi connectivity index (χ4v) is 5.40. The molecule has 1 unspecified atom stereocenters. The molecule has 0 aromatic heterocycles. The molecule has 1 amide bonds. The Labute approximate surface area is 161 Å². The zero-order valence-corrected chi connectivity index (χ0v) is 17.0. The number of rotatable bonds is 6. The number of amides is 1. The predicted molar refractivity (Wildman–Crippen MR) is 102 cm³/mol. The lowest BCUT2D eigenvalue weighted by Gasteiger charge is -2.39. The Morgan fingerprint density at radius 2 is 1.93 bits per heavy atom. The molecule has 27 heavy (non-hydrogen) atoms. The first-order chi connectivity index (χ1) is 12.9. The van der Waals surface area contributed by atoms with Crippen LogP contribution in [0.5, 0.6) is 11.5 Å².